The molecule has 2 N–H and O–H groups in total. The Morgan fingerprint density at radius 1 is 1.85 bits per heavy atom. The van der Waals surface area contributed by atoms with Gasteiger partial charge in [-0.2, -0.15) is 0 Å². The Kier molecular flexibility index (Phi) is 3.02. The number of hydrogen-bond acceptors (Lipinski definition) is 4. The van der Waals surface area contributed by atoms with E-state index in [0.717, 1.165) is 0 Å². The first-order valence-corrected chi connectivity index (χ1v) is 3.98. The Labute approximate surface area is 75.7 Å². The summed E-state index contributed by atoms with van der Waals surface area (Å²) in [5.74, 6) is 0.197. The van der Waals surface area contributed by atoms with Gasteiger partial charge in [0, 0.05) is 6.04 Å². The van der Waals surface area contributed by atoms with Crippen molar-refractivity contribution >= 4 is 5.91 Å². The lowest BCUT2D eigenvalue weighted by molar-refractivity contribution is 0.0921. The molecular weight excluding hydrogens is 172 g/mol. The third-order valence-corrected chi connectivity index (χ3v) is 1.65. The number of carbonyl (C=O) groups excluding carboxylic acids is 1. The minimum Gasteiger partial charge on any atom is -0.394 e. The number of aromatic nitrogens is 1. The highest BCUT2D eigenvalue weighted by atomic mass is 16.5. The third-order valence-electron chi connectivity index (χ3n) is 1.65. The average Bonchev–Trinajstić information content (AvgIpc) is 2.51. The number of carbonyl (C=O) groups is 1. The van der Waals surface area contributed by atoms with Gasteiger partial charge < -0.3 is 14.9 Å². The van der Waals surface area contributed by atoms with Crippen molar-refractivity contribution in [3.8, 4) is 0 Å². The van der Waals surface area contributed by atoms with Crippen LogP contribution in [-0.4, -0.2) is 28.8 Å². The molecule has 1 atom stereocenters. The van der Waals surface area contributed by atoms with Crippen molar-refractivity contribution in [1.82, 2.24) is 10.5 Å². The van der Waals surface area contributed by atoms with Crippen molar-refractivity contribution in [3.05, 3.63) is 17.5 Å². The van der Waals surface area contributed by atoms with E-state index in [1.165, 1.54) is 6.20 Å². The fraction of sp³-hybridized carbons (Fsp3) is 0.500. The first kappa shape index (κ1) is 9.73. The van der Waals surface area contributed by atoms with E-state index < -0.39 is 0 Å². The lowest BCUT2D eigenvalue weighted by Gasteiger charge is -2.08. The van der Waals surface area contributed by atoms with Crippen LogP contribution in [0.25, 0.3) is 0 Å². The van der Waals surface area contributed by atoms with E-state index in [4.69, 9.17) is 9.63 Å². The van der Waals surface area contributed by atoms with Gasteiger partial charge in [-0.25, -0.2) is 0 Å². The predicted octanol–water partition coefficient (Wildman–Crippen LogP) is 0.0936. The van der Waals surface area contributed by atoms with Crippen molar-refractivity contribution in [2.24, 2.45) is 0 Å². The molecule has 0 aliphatic carbocycles. The standard InChI is InChI=1S/C8H12N2O3/c1-5(4-11)10-8(12)7-3-9-13-6(7)2/h3,5,11H,4H2,1-2H3,(H,10,12)/t5-/m1/s1. The lowest BCUT2D eigenvalue weighted by atomic mass is 10.2. The normalized spacial score (nSPS) is 12.5. The van der Waals surface area contributed by atoms with Crippen molar-refractivity contribution in [2.75, 3.05) is 6.61 Å². The zero-order chi connectivity index (χ0) is 9.84. The first-order chi connectivity index (χ1) is 6.15. The molecule has 0 fully saturated rings. The maximum absolute atomic E-state index is 11.4. The smallest absolute Gasteiger partial charge is 0.256 e. The van der Waals surface area contributed by atoms with Gasteiger partial charge in [-0.3, -0.25) is 4.79 Å². The quantitative estimate of drug-likeness (QED) is 0.698. The highest BCUT2D eigenvalue weighted by molar-refractivity contribution is 5.94. The largest absolute Gasteiger partial charge is 0.394 e. The molecule has 0 saturated carbocycles. The summed E-state index contributed by atoms with van der Waals surface area (Å²) in [4.78, 5) is 11.4. The van der Waals surface area contributed by atoms with Crippen LogP contribution in [0, 0.1) is 6.92 Å². The molecule has 1 heterocycles. The molecule has 1 rings (SSSR count). The Balaban J connectivity index is 2.64. The maximum Gasteiger partial charge on any atom is 0.256 e. The molecule has 0 aliphatic rings. The Morgan fingerprint density at radius 3 is 3.00 bits per heavy atom. The monoisotopic (exact) mass is 184 g/mol. The van der Waals surface area contributed by atoms with Crippen LogP contribution < -0.4 is 5.32 Å². The van der Waals surface area contributed by atoms with E-state index in [0.29, 0.717) is 11.3 Å². The summed E-state index contributed by atoms with van der Waals surface area (Å²) < 4.78 is 4.73. The van der Waals surface area contributed by atoms with Gasteiger partial charge in [-0.1, -0.05) is 5.16 Å². The van der Waals surface area contributed by atoms with Gasteiger partial charge in [0.1, 0.15) is 11.3 Å². The summed E-state index contributed by atoms with van der Waals surface area (Å²) in [6.45, 7) is 3.28. The van der Waals surface area contributed by atoms with E-state index in [1.807, 2.05) is 0 Å². The fourth-order valence-electron chi connectivity index (χ4n) is 0.864. The second-order valence-electron chi connectivity index (χ2n) is 2.85. The van der Waals surface area contributed by atoms with Crippen molar-refractivity contribution in [3.63, 3.8) is 0 Å². The molecule has 1 amide bonds. The Bertz CT molecular complexity index is 295. The van der Waals surface area contributed by atoms with Crippen LogP contribution in [0.4, 0.5) is 0 Å². The number of hydrogen-bond donors (Lipinski definition) is 2. The molecule has 0 aliphatic heterocycles. The molecule has 0 unspecified atom stereocenters. The zero-order valence-corrected chi connectivity index (χ0v) is 7.57. The number of rotatable bonds is 3. The zero-order valence-electron chi connectivity index (χ0n) is 7.57. The summed E-state index contributed by atoms with van der Waals surface area (Å²) in [6, 6.07) is -0.262. The maximum atomic E-state index is 11.4. The van der Waals surface area contributed by atoms with E-state index in [2.05, 4.69) is 10.5 Å². The lowest BCUT2D eigenvalue weighted by Crippen LogP contribution is -2.35. The van der Waals surface area contributed by atoms with Crippen LogP contribution in [0.3, 0.4) is 0 Å². The Hall–Kier alpha value is -1.36. The van der Waals surface area contributed by atoms with Crippen molar-refractivity contribution in [2.45, 2.75) is 19.9 Å². The van der Waals surface area contributed by atoms with E-state index in [1.54, 1.807) is 13.8 Å². The third kappa shape index (κ3) is 2.29. The minimum atomic E-state index is -0.277. The van der Waals surface area contributed by atoms with Gasteiger partial charge in [-0.05, 0) is 13.8 Å². The predicted molar refractivity (Wildman–Crippen MR) is 45.3 cm³/mol. The SMILES string of the molecule is Cc1oncc1C(=O)N[C@H](C)CO. The highest BCUT2D eigenvalue weighted by Gasteiger charge is 2.14. The van der Waals surface area contributed by atoms with Gasteiger partial charge >= 0.3 is 0 Å². The molecule has 1 aromatic rings. The van der Waals surface area contributed by atoms with E-state index in [9.17, 15) is 4.79 Å². The second kappa shape index (κ2) is 4.04. The minimum absolute atomic E-state index is 0.0872. The van der Waals surface area contributed by atoms with Gasteiger partial charge in [0.2, 0.25) is 0 Å². The van der Waals surface area contributed by atoms with E-state index >= 15 is 0 Å². The summed E-state index contributed by atoms with van der Waals surface area (Å²) in [5.41, 5.74) is 0.403. The molecule has 5 nitrogen and oxygen atoms in total. The summed E-state index contributed by atoms with van der Waals surface area (Å²) in [6.07, 6.45) is 1.36. The van der Waals surface area contributed by atoms with Crippen molar-refractivity contribution in [1.29, 1.82) is 0 Å². The van der Waals surface area contributed by atoms with Crippen LogP contribution in [0.1, 0.15) is 23.0 Å². The van der Waals surface area contributed by atoms with Crippen LogP contribution in [0.5, 0.6) is 0 Å². The fourth-order valence-corrected chi connectivity index (χ4v) is 0.864. The van der Waals surface area contributed by atoms with E-state index in [-0.39, 0.29) is 18.6 Å². The summed E-state index contributed by atoms with van der Waals surface area (Å²) in [7, 11) is 0. The van der Waals surface area contributed by atoms with Gasteiger partial charge in [-0.15, -0.1) is 0 Å². The number of nitrogens with one attached hydrogen (secondary N) is 1. The van der Waals surface area contributed by atoms with Crippen molar-refractivity contribution < 1.29 is 14.4 Å². The van der Waals surface area contributed by atoms with Crippen LogP contribution in [-0.2, 0) is 0 Å². The highest BCUT2D eigenvalue weighted by Crippen LogP contribution is 2.05. The molecule has 0 bridgehead atoms. The number of aliphatic hydroxyl groups excluding tert-OH is 1. The molecule has 0 aromatic carbocycles. The molecule has 5 heteroatoms. The van der Waals surface area contributed by atoms with Gasteiger partial charge in [0.25, 0.3) is 5.91 Å². The van der Waals surface area contributed by atoms with Crippen LogP contribution in [0.15, 0.2) is 10.7 Å². The van der Waals surface area contributed by atoms with Crippen LogP contribution >= 0.6 is 0 Å². The second-order valence-corrected chi connectivity index (χ2v) is 2.85. The Morgan fingerprint density at radius 2 is 2.54 bits per heavy atom. The number of aryl methyl sites for hydroxylation is 1. The molecule has 13 heavy (non-hydrogen) atoms. The number of amides is 1. The molecule has 0 radical (unpaired) electrons. The van der Waals surface area contributed by atoms with Gasteiger partial charge in [0.05, 0.1) is 12.8 Å². The van der Waals surface area contributed by atoms with Crippen LogP contribution in [0.2, 0.25) is 0 Å². The first-order valence-electron chi connectivity index (χ1n) is 3.98. The van der Waals surface area contributed by atoms with Gasteiger partial charge in [0.15, 0.2) is 0 Å². The average molecular weight is 184 g/mol. The summed E-state index contributed by atoms with van der Waals surface area (Å²) >= 11 is 0. The molecule has 1 aromatic heterocycles. The topological polar surface area (TPSA) is 75.4 Å². The summed E-state index contributed by atoms with van der Waals surface area (Å²) in [5, 5.41) is 14.8. The molecule has 72 valence electrons. The molecule has 0 spiro atoms. The number of nitrogens with zero attached hydrogens (tertiary/aromatic N) is 1. The molecule has 0 saturated heterocycles. The molecular formula is C8H12N2O3. The number of aliphatic hydroxyl groups is 1.